The third-order valence-corrected chi connectivity index (χ3v) is 8.42. The zero-order valence-corrected chi connectivity index (χ0v) is 28.3. The van der Waals surface area contributed by atoms with Crippen molar-refractivity contribution in [3.63, 3.8) is 0 Å². The standard InChI is InChI=1S/C40H45NO9/c1-28(42)41-34-37(49-26-32-21-13-6-14-22-32)35(43)39(40(44)45-2)50-38(34)36(48-25-31-19-11-5-12-20-31)33(47-24-30-17-9-4-10-18-30)27-46-23-29-15-7-3-8-16-29/h3-22,33-39,43H,23-27H2,1-2H3,(H,41,42)/t33-,34-,35+,36-,37-,38-,39+/m1/s1. The van der Waals surface area contributed by atoms with E-state index in [9.17, 15) is 14.7 Å². The van der Waals surface area contributed by atoms with Crippen molar-refractivity contribution in [1.82, 2.24) is 5.32 Å². The number of amides is 1. The van der Waals surface area contributed by atoms with Gasteiger partial charge in [0.05, 0.1) is 46.2 Å². The number of benzene rings is 4. The summed E-state index contributed by atoms with van der Waals surface area (Å²) < 4.78 is 37.3. The van der Waals surface area contributed by atoms with Crippen molar-refractivity contribution in [1.29, 1.82) is 0 Å². The Morgan fingerprint density at radius 1 is 0.720 bits per heavy atom. The number of rotatable bonds is 17. The molecule has 50 heavy (non-hydrogen) atoms. The van der Waals surface area contributed by atoms with Crippen molar-refractivity contribution >= 4 is 11.9 Å². The Morgan fingerprint density at radius 3 is 1.70 bits per heavy atom. The Morgan fingerprint density at radius 2 is 1.20 bits per heavy atom. The second-order valence-electron chi connectivity index (χ2n) is 12.1. The van der Waals surface area contributed by atoms with E-state index in [-0.39, 0.29) is 32.3 Å². The minimum atomic E-state index is -1.48. The van der Waals surface area contributed by atoms with Crippen LogP contribution in [0, 0.1) is 0 Å². The molecule has 0 aromatic heterocycles. The third-order valence-electron chi connectivity index (χ3n) is 8.42. The average Bonchev–Trinajstić information content (AvgIpc) is 3.15. The molecule has 4 aromatic carbocycles. The van der Waals surface area contributed by atoms with E-state index in [1.807, 2.05) is 121 Å². The molecular weight excluding hydrogens is 638 g/mol. The number of aliphatic hydroxyl groups is 1. The maximum absolute atomic E-state index is 13.1. The lowest BCUT2D eigenvalue weighted by Gasteiger charge is -2.47. The molecule has 10 nitrogen and oxygen atoms in total. The second-order valence-corrected chi connectivity index (χ2v) is 12.1. The van der Waals surface area contributed by atoms with Gasteiger partial charge >= 0.3 is 5.97 Å². The summed E-state index contributed by atoms with van der Waals surface area (Å²) in [4.78, 5) is 25.9. The van der Waals surface area contributed by atoms with Gasteiger partial charge in [-0.1, -0.05) is 121 Å². The maximum atomic E-state index is 13.1. The molecular formula is C40H45NO9. The average molecular weight is 684 g/mol. The molecule has 1 saturated heterocycles. The lowest BCUT2D eigenvalue weighted by Crippen LogP contribution is -2.69. The van der Waals surface area contributed by atoms with Crippen molar-refractivity contribution in [2.45, 2.75) is 76.0 Å². The molecule has 0 saturated carbocycles. The van der Waals surface area contributed by atoms with Gasteiger partial charge in [-0.05, 0) is 22.3 Å². The monoisotopic (exact) mass is 683 g/mol. The van der Waals surface area contributed by atoms with Crippen molar-refractivity contribution in [2.24, 2.45) is 0 Å². The van der Waals surface area contributed by atoms with Crippen LogP contribution in [-0.2, 0) is 64.4 Å². The zero-order chi connectivity index (χ0) is 35.1. The largest absolute Gasteiger partial charge is 0.467 e. The number of hydrogen-bond acceptors (Lipinski definition) is 9. The normalized spacial score (nSPS) is 21.5. The van der Waals surface area contributed by atoms with Crippen LogP contribution in [0.2, 0.25) is 0 Å². The lowest BCUT2D eigenvalue weighted by molar-refractivity contribution is -0.250. The van der Waals surface area contributed by atoms with E-state index in [0.29, 0.717) is 6.61 Å². The number of carbonyl (C=O) groups excluding carboxylic acids is 2. The molecule has 1 fully saturated rings. The summed E-state index contributed by atoms with van der Waals surface area (Å²) in [5, 5.41) is 14.5. The highest BCUT2D eigenvalue weighted by molar-refractivity contribution is 5.76. The van der Waals surface area contributed by atoms with Gasteiger partial charge in [0.2, 0.25) is 5.91 Å². The van der Waals surface area contributed by atoms with Gasteiger partial charge in [-0.3, -0.25) is 4.79 Å². The van der Waals surface area contributed by atoms with Gasteiger partial charge < -0.3 is 38.8 Å². The Bertz CT molecular complexity index is 1580. The van der Waals surface area contributed by atoms with Crippen molar-refractivity contribution in [3.05, 3.63) is 144 Å². The topological polar surface area (TPSA) is 122 Å². The number of methoxy groups -OCH3 is 1. The predicted molar refractivity (Wildman–Crippen MR) is 185 cm³/mol. The Labute approximate surface area is 293 Å². The molecule has 7 atom stereocenters. The quantitative estimate of drug-likeness (QED) is 0.152. The number of nitrogens with one attached hydrogen (secondary N) is 1. The van der Waals surface area contributed by atoms with Crippen molar-refractivity contribution in [2.75, 3.05) is 13.7 Å². The van der Waals surface area contributed by atoms with Gasteiger partial charge in [-0.2, -0.15) is 0 Å². The fourth-order valence-corrected chi connectivity index (χ4v) is 5.93. The van der Waals surface area contributed by atoms with E-state index in [0.717, 1.165) is 22.3 Å². The molecule has 0 bridgehead atoms. The van der Waals surface area contributed by atoms with E-state index >= 15 is 0 Å². The maximum Gasteiger partial charge on any atom is 0.337 e. The van der Waals surface area contributed by atoms with Crippen molar-refractivity contribution < 1.29 is 43.1 Å². The number of carbonyl (C=O) groups is 2. The summed E-state index contributed by atoms with van der Waals surface area (Å²) >= 11 is 0. The van der Waals surface area contributed by atoms with Gasteiger partial charge in [0.1, 0.15) is 30.5 Å². The molecule has 1 heterocycles. The van der Waals surface area contributed by atoms with Gasteiger partial charge in [0.15, 0.2) is 6.10 Å². The highest BCUT2D eigenvalue weighted by atomic mass is 16.6. The van der Waals surface area contributed by atoms with Gasteiger partial charge in [-0.25, -0.2) is 4.79 Å². The van der Waals surface area contributed by atoms with Crippen molar-refractivity contribution in [3.8, 4) is 0 Å². The van der Waals surface area contributed by atoms with Crippen LogP contribution in [0.25, 0.3) is 0 Å². The van der Waals surface area contributed by atoms with E-state index in [2.05, 4.69) is 5.32 Å². The number of esters is 1. The minimum absolute atomic E-state index is 0.0782. The van der Waals surface area contributed by atoms with Crippen LogP contribution >= 0.6 is 0 Å². The summed E-state index contributed by atoms with van der Waals surface area (Å²) in [6.45, 7) is 2.24. The van der Waals surface area contributed by atoms with Gasteiger partial charge in [0, 0.05) is 6.92 Å². The molecule has 264 valence electrons. The molecule has 1 amide bonds. The van der Waals surface area contributed by atoms with E-state index < -0.39 is 48.6 Å². The fraction of sp³-hybridized carbons (Fsp3) is 0.350. The van der Waals surface area contributed by atoms with Crippen LogP contribution in [-0.4, -0.2) is 73.4 Å². The molecule has 10 heteroatoms. The summed E-state index contributed by atoms with van der Waals surface area (Å²) in [6.07, 6.45) is -6.78. The van der Waals surface area contributed by atoms with Crippen LogP contribution in [0.1, 0.15) is 29.2 Å². The molecule has 0 spiro atoms. The van der Waals surface area contributed by atoms with Crippen LogP contribution in [0.5, 0.6) is 0 Å². The molecule has 5 rings (SSSR count). The van der Waals surface area contributed by atoms with Gasteiger partial charge in [-0.15, -0.1) is 0 Å². The number of hydrogen-bond donors (Lipinski definition) is 2. The SMILES string of the molecule is COC(=O)[C@H]1O[C@@H]([C@H](OCc2ccccc2)[C@@H](COCc2ccccc2)OCc2ccccc2)[C@H](NC(C)=O)[C@@H](OCc2ccccc2)[C@@H]1O. The molecule has 0 radical (unpaired) electrons. The Balaban J connectivity index is 1.52. The first-order chi connectivity index (χ1) is 24.4. The summed E-state index contributed by atoms with van der Waals surface area (Å²) in [6, 6.07) is 37.5. The minimum Gasteiger partial charge on any atom is -0.467 e. The number of aliphatic hydroxyl groups excluding tert-OH is 1. The molecule has 1 aliphatic rings. The molecule has 0 unspecified atom stereocenters. The summed E-state index contributed by atoms with van der Waals surface area (Å²) in [5.74, 6) is -1.18. The van der Waals surface area contributed by atoms with E-state index in [1.165, 1.54) is 14.0 Å². The van der Waals surface area contributed by atoms with Crippen LogP contribution in [0.3, 0.4) is 0 Å². The summed E-state index contributed by atoms with van der Waals surface area (Å²) in [7, 11) is 1.22. The Hall–Kier alpha value is -4.42. The highest BCUT2D eigenvalue weighted by Gasteiger charge is 2.53. The lowest BCUT2D eigenvalue weighted by atomic mass is 9.87. The first-order valence-electron chi connectivity index (χ1n) is 16.7. The first kappa shape index (κ1) is 36.9. The molecule has 2 N–H and O–H groups in total. The van der Waals surface area contributed by atoms with E-state index in [4.69, 9.17) is 28.4 Å². The second kappa shape index (κ2) is 19.1. The Kier molecular flexibility index (Phi) is 14.1. The molecule has 4 aromatic rings. The smallest absolute Gasteiger partial charge is 0.337 e. The predicted octanol–water partition coefficient (Wildman–Crippen LogP) is 4.77. The van der Waals surface area contributed by atoms with E-state index in [1.54, 1.807) is 0 Å². The zero-order valence-electron chi connectivity index (χ0n) is 28.3. The number of ether oxygens (including phenoxy) is 6. The van der Waals surface area contributed by atoms with Gasteiger partial charge in [0.25, 0.3) is 0 Å². The van der Waals surface area contributed by atoms with Crippen LogP contribution in [0.15, 0.2) is 121 Å². The molecule has 1 aliphatic heterocycles. The highest BCUT2D eigenvalue weighted by Crippen LogP contribution is 2.31. The van der Waals surface area contributed by atoms with Crippen LogP contribution in [0.4, 0.5) is 0 Å². The first-order valence-corrected chi connectivity index (χ1v) is 16.7. The molecule has 0 aliphatic carbocycles. The fourth-order valence-electron chi connectivity index (χ4n) is 5.93. The third kappa shape index (κ3) is 10.5. The summed E-state index contributed by atoms with van der Waals surface area (Å²) in [5.41, 5.74) is 3.63. The van der Waals surface area contributed by atoms with Crippen LogP contribution < -0.4 is 5.32 Å².